The number of hydrogen-bond acceptors (Lipinski definition) is 6. The van der Waals surface area contributed by atoms with E-state index in [0.29, 0.717) is 40.5 Å². The number of benzene rings is 3. The number of aliphatic hydroxyl groups excluding tert-OH is 1. The molecule has 0 bridgehead atoms. The monoisotopic (exact) mass is 543 g/mol. The molecule has 180 valence electrons. The number of amides is 1. The summed E-state index contributed by atoms with van der Waals surface area (Å²) in [7, 11) is 0. The van der Waals surface area contributed by atoms with Crippen LogP contribution in [0.15, 0.2) is 95.6 Å². The van der Waals surface area contributed by atoms with Gasteiger partial charge in [0.15, 0.2) is 11.8 Å². The molecule has 9 heteroatoms. The molecule has 0 saturated heterocycles. The first-order valence-corrected chi connectivity index (χ1v) is 12.0. The fourth-order valence-electron chi connectivity index (χ4n) is 3.84. The lowest BCUT2D eigenvalue weighted by Gasteiger charge is -2.14. The minimum absolute atomic E-state index is 0.136. The van der Waals surface area contributed by atoms with E-state index in [9.17, 15) is 15.0 Å². The van der Waals surface area contributed by atoms with Crippen LogP contribution in [-0.4, -0.2) is 30.7 Å². The highest BCUT2D eigenvalue weighted by Crippen LogP contribution is 2.31. The number of aromatic hydroxyl groups is 1. The van der Waals surface area contributed by atoms with Crippen LogP contribution in [0.1, 0.15) is 17.2 Å². The van der Waals surface area contributed by atoms with E-state index >= 15 is 0 Å². The summed E-state index contributed by atoms with van der Waals surface area (Å²) in [6.07, 6.45) is 0.403. The topological polar surface area (TPSA) is 112 Å². The Kier molecular flexibility index (Phi) is 6.66. The van der Waals surface area contributed by atoms with Crippen molar-refractivity contribution in [2.45, 2.75) is 12.6 Å². The van der Waals surface area contributed by atoms with Crippen molar-refractivity contribution in [1.82, 2.24) is 14.6 Å². The van der Waals surface area contributed by atoms with Crippen LogP contribution in [0.5, 0.6) is 5.75 Å². The lowest BCUT2D eigenvalue weighted by molar-refractivity contribution is -0.124. The summed E-state index contributed by atoms with van der Waals surface area (Å²) in [5.74, 6) is 0.311. The highest BCUT2D eigenvalue weighted by Gasteiger charge is 2.17. The number of carbonyl (C=O) groups is 1. The molecule has 1 unspecified atom stereocenters. The Hall–Kier alpha value is -4.21. The summed E-state index contributed by atoms with van der Waals surface area (Å²) in [6.45, 7) is 0.432. The van der Waals surface area contributed by atoms with Gasteiger partial charge in [0.25, 0.3) is 5.91 Å². The van der Waals surface area contributed by atoms with Gasteiger partial charge in [0.2, 0.25) is 0 Å². The maximum atomic E-state index is 12.5. The fourth-order valence-corrected chi connectivity index (χ4v) is 4.19. The summed E-state index contributed by atoms with van der Waals surface area (Å²) >= 11 is 3.49. The van der Waals surface area contributed by atoms with E-state index in [1.54, 1.807) is 59.2 Å². The van der Waals surface area contributed by atoms with Gasteiger partial charge in [-0.2, -0.15) is 9.61 Å². The van der Waals surface area contributed by atoms with Crippen molar-refractivity contribution in [2.24, 2.45) is 0 Å². The molecule has 5 aromatic rings. The largest absolute Gasteiger partial charge is 0.507 e. The SMILES string of the molecule is O=C(Nc1cccc(CNc2cc(-c3ccccc3O)nc3c(Br)cnn23)c1)C(O)c1ccccc1. The number of phenolic OH excluding ortho intramolecular Hbond substituents is 1. The highest BCUT2D eigenvalue weighted by molar-refractivity contribution is 9.10. The van der Waals surface area contributed by atoms with Gasteiger partial charge < -0.3 is 20.8 Å². The molecule has 0 aliphatic rings. The lowest BCUT2D eigenvalue weighted by Crippen LogP contribution is -2.20. The van der Waals surface area contributed by atoms with E-state index in [1.807, 2.05) is 36.4 Å². The first-order valence-electron chi connectivity index (χ1n) is 11.2. The number of nitrogens with zero attached hydrogens (tertiary/aromatic N) is 3. The summed E-state index contributed by atoms with van der Waals surface area (Å²) in [6, 6.07) is 25.0. The number of phenols is 1. The Bertz CT molecular complexity index is 1540. The molecule has 0 aliphatic carbocycles. The molecule has 4 N–H and O–H groups in total. The summed E-state index contributed by atoms with van der Waals surface area (Å²) < 4.78 is 2.40. The third-order valence-electron chi connectivity index (χ3n) is 5.64. The number of fused-ring (bicyclic) bond motifs is 1. The Morgan fingerprint density at radius 2 is 1.78 bits per heavy atom. The molecule has 2 heterocycles. The Labute approximate surface area is 215 Å². The first-order chi connectivity index (χ1) is 17.5. The van der Waals surface area contributed by atoms with E-state index in [0.717, 1.165) is 10.0 Å². The number of carbonyl (C=O) groups excluding carboxylic acids is 1. The third-order valence-corrected chi connectivity index (χ3v) is 6.20. The van der Waals surface area contributed by atoms with Crippen molar-refractivity contribution < 1.29 is 15.0 Å². The van der Waals surface area contributed by atoms with E-state index in [2.05, 4.69) is 36.6 Å². The van der Waals surface area contributed by atoms with Crippen molar-refractivity contribution in [2.75, 3.05) is 10.6 Å². The van der Waals surface area contributed by atoms with Gasteiger partial charge in [-0.3, -0.25) is 4.79 Å². The second-order valence-corrected chi connectivity index (χ2v) is 8.98. The van der Waals surface area contributed by atoms with Crippen LogP contribution in [0, 0.1) is 0 Å². The smallest absolute Gasteiger partial charge is 0.257 e. The minimum Gasteiger partial charge on any atom is -0.507 e. The number of aromatic nitrogens is 3. The molecule has 2 aromatic heterocycles. The minimum atomic E-state index is -1.26. The molecule has 36 heavy (non-hydrogen) atoms. The summed E-state index contributed by atoms with van der Waals surface area (Å²) in [5, 5.41) is 31.2. The van der Waals surface area contributed by atoms with Gasteiger partial charge in [-0.1, -0.05) is 54.6 Å². The number of aliphatic hydroxyl groups is 1. The van der Waals surface area contributed by atoms with Crippen LogP contribution in [0.3, 0.4) is 0 Å². The van der Waals surface area contributed by atoms with Gasteiger partial charge in [0.05, 0.1) is 16.4 Å². The normalized spacial score (nSPS) is 11.8. The summed E-state index contributed by atoms with van der Waals surface area (Å²) in [4.78, 5) is 17.2. The second kappa shape index (κ2) is 10.2. The molecule has 0 spiro atoms. The number of rotatable bonds is 7. The quantitative estimate of drug-likeness (QED) is 0.226. The number of halogens is 1. The van der Waals surface area contributed by atoms with Crippen LogP contribution in [0.2, 0.25) is 0 Å². The predicted octanol–water partition coefficient (Wildman–Crippen LogP) is 5.15. The zero-order chi connectivity index (χ0) is 25.1. The van der Waals surface area contributed by atoms with Gasteiger partial charge in [-0.15, -0.1) is 0 Å². The Morgan fingerprint density at radius 1 is 1.00 bits per heavy atom. The highest BCUT2D eigenvalue weighted by atomic mass is 79.9. The molecule has 5 rings (SSSR count). The number of anilines is 2. The number of nitrogens with one attached hydrogen (secondary N) is 2. The van der Waals surface area contributed by atoms with Crippen molar-refractivity contribution in [3.63, 3.8) is 0 Å². The zero-order valence-corrected chi connectivity index (χ0v) is 20.6. The number of hydrogen-bond donors (Lipinski definition) is 4. The zero-order valence-electron chi connectivity index (χ0n) is 19.0. The van der Waals surface area contributed by atoms with Crippen LogP contribution in [-0.2, 0) is 11.3 Å². The maximum Gasteiger partial charge on any atom is 0.257 e. The average Bonchev–Trinajstić information content (AvgIpc) is 3.28. The molecule has 0 saturated carbocycles. The molecule has 8 nitrogen and oxygen atoms in total. The molecule has 0 radical (unpaired) electrons. The van der Waals surface area contributed by atoms with Gasteiger partial charge in [-0.05, 0) is 51.3 Å². The fraction of sp³-hybridized carbons (Fsp3) is 0.0741. The van der Waals surface area contributed by atoms with E-state index in [1.165, 1.54) is 0 Å². The van der Waals surface area contributed by atoms with Crippen molar-refractivity contribution in [1.29, 1.82) is 0 Å². The van der Waals surface area contributed by atoms with Gasteiger partial charge in [0, 0.05) is 23.9 Å². The van der Waals surface area contributed by atoms with Crippen LogP contribution < -0.4 is 10.6 Å². The predicted molar refractivity (Wildman–Crippen MR) is 142 cm³/mol. The van der Waals surface area contributed by atoms with Crippen LogP contribution >= 0.6 is 15.9 Å². The van der Waals surface area contributed by atoms with Gasteiger partial charge >= 0.3 is 0 Å². The second-order valence-electron chi connectivity index (χ2n) is 8.13. The molecule has 1 amide bonds. The molecule has 0 aliphatic heterocycles. The lowest BCUT2D eigenvalue weighted by atomic mass is 10.1. The van der Waals surface area contributed by atoms with E-state index in [-0.39, 0.29) is 5.75 Å². The van der Waals surface area contributed by atoms with Crippen molar-refractivity contribution in [3.8, 4) is 17.0 Å². The molecular weight excluding hydrogens is 522 g/mol. The molecule has 3 aromatic carbocycles. The van der Waals surface area contributed by atoms with Gasteiger partial charge in [0.1, 0.15) is 11.6 Å². The van der Waals surface area contributed by atoms with Gasteiger partial charge in [-0.25, -0.2) is 4.98 Å². The third kappa shape index (κ3) is 4.93. The number of para-hydroxylation sites is 1. The Morgan fingerprint density at radius 3 is 2.58 bits per heavy atom. The molecule has 0 fully saturated rings. The standard InChI is InChI=1S/C27H22BrN5O3/c28-21-16-30-33-24(14-22(32-26(21)33)20-11-4-5-12-23(20)34)29-15-17-7-6-10-19(13-17)31-27(36)25(35)18-8-2-1-3-9-18/h1-14,16,25,29,34-35H,15H2,(H,31,36). The Balaban J connectivity index is 1.36. The van der Waals surface area contributed by atoms with Crippen LogP contribution in [0.4, 0.5) is 11.5 Å². The summed E-state index contributed by atoms with van der Waals surface area (Å²) in [5.41, 5.74) is 3.82. The van der Waals surface area contributed by atoms with E-state index < -0.39 is 12.0 Å². The molecular formula is C27H22BrN5O3. The van der Waals surface area contributed by atoms with Crippen molar-refractivity contribution in [3.05, 3.63) is 107 Å². The average molecular weight is 544 g/mol. The van der Waals surface area contributed by atoms with Crippen molar-refractivity contribution >= 4 is 39.0 Å². The maximum absolute atomic E-state index is 12.5. The van der Waals surface area contributed by atoms with Crippen LogP contribution in [0.25, 0.3) is 16.9 Å². The molecule has 1 atom stereocenters. The first kappa shape index (κ1) is 23.5. The van der Waals surface area contributed by atoms with E-state index in [4.69, 9.17) is 0 Å².